The van der Waals surface area contributed by atoms with Crippen LogP contribution < -0.4 is 4.74 Å². The van der Waals surface area contributed by atoms with Gasteiger partial charge in [-0.2, -0.15) is 0 Å². The van der Waals surface area contributed by atoms with Crippen molar-refractivity contribution in [3.8, 4) is 5.75 Å². The van der Waals surface area contributed by atoms with Crippen LogP contribution in [-0.4, -0.2) is 24.5 Å². The maximum absolute atomic E-state index is 11.4. The molecule has 0 N–H and O–H groups in total. The number of rotatable bonds is 6. The molecule has 98 valence electrons. The topological polar surface area (TPSA) is 52.6 Å². The molecule has 0 radical (unpaired) electrons. The number of ketones is 1. The summed E-state index contributed by atoms with van der Waals surface area (Å²) < 4.78 is 10.2. The van der Waals surface area contributed by atoms with Crippen LogP contribution in [0, 0.1) is 0 Å². The van der Waals surface area contributed by atoms with Crippen LogP contribution in [0.2, 0.25) is 0 Å². The summed E-state index contributed by atoms with van der Waals surface area (Å²) in [7, 11) is 0. The van der Waals surface area contributed by atoms with Gasteiger partial charge in [0.15, 0.2) is 12.4 Å². The molecule has 0 heterocycles. The first-order valence-corrected chi connectivity index (χ1v) is 5.98. The predicted molar refractivity (Wildman–Crippen MR) is 67.8 cm³/mol. The molecule has 0 aromatic heterocycles. The average molecular weight is 250 g/mol. The molecular formula is C14H18O4. The van der Waals surface area contributed by atoms with Crippen LogP contribution in [0.25, 0.3) is 0 Å². The van der Waals surface area contributed by atoms with Crippen molar-refractivity contribution < 1.29 is 19.1 Å². The van der Waals surface area contributed by atoms with E-state index in [1.54, 1.807) is 38.1 Å². The van der Waals surface area contributed by atoms with E-state index in [2.05, 4.69) is 0 Å². The molecule has 1 aromatic carbocycles. The molecule has 0 aliphatic heterocycles. The first kappa shape index (κ1) is 14.2. The van der Waals surface area contributed by atoms with Crippen LogP contribution in [0.1, 0.15) is 37.6 Å². The zero-order chi connectivity index (χ0) is 13.5. The Labute approximate surface area is 107 Å². The Balaban J connectivity index is 2.49. The highest BCUT2D eigenvalue weighted by Gasteiger charge is 2.07. The van der Waals surface area contributed by atoms with Gasteiger partial charge in [-0.3, -0.25) is 4.79 Å². The molecule has 0 fully saturated rings. The Morgan fingerprint density at radius 2 is 1.78 bits per heavy atom. The van der Waals surface area contributed by atoms with E-state index in [9.17, 15) is 9.59 Å². The lowest BCUT2D eigenvalue weighted by Gasteiger charge is -2.09. The van der Waals surface area contributed by atoms with Crippen molar-refractivity contribution in [3.63, 3.8) is 0 Å². The van der Waals surface area contributed by atoms with Crippen molar-refractivity contribution in [1.29, 1.82) is 0 Å². The molecule has 0 bridgehead atoms. The van der Waals surface area contributed by atoms with Crippen LogP contribution in [-0.2, 0) is 9.53 Å². The quantitative estimate of drug-likeness (QED) is 0.575. The zero-order valence-corrected chi connectivity index (χ0v) is 10.9. The van der Waals surface area contributed by atoms with Gasteiger partial charge in [0.25, 0.3) is 0 Å². The third kappa shape index (κ3) is 4.57. The van der Waals surface area contributed by atoms with Gasteiger partial charge in [0.05, 0.1) is 6.10 Å². The highest BCUT2D eigenvalue weighted by atomic mass is 16.6. The second kappa shape index (κ2) is 6.79. The van der Waals surface area contributed by atoms with Crippen molar-refractivity contribution in [1.82, 2.24) is 0 Å². The predicted octanol–water partition coefficient (Wildman–Crippen LogP) is 2.61. The van der Waals surface area contributed by atoms with Gasteiger partial charge < -0.3 is 9.47 Å². The standard InChI is InChI=1S/C14H18O4/c1-4-13(15)11-5-7-12(8-6-11)17-9-14(16)18-10(2)3/h5-8,10H,4,9H2,1-3H3. The first-order valence-electron chi connectivity index (χ1n) is 5.98. The summed E-state index contributed by atoms with van der Waals surface area (Å²) in [5.41, 5.74) is 0.648. The van der Waals surface area contributed by atoms with E-state index in [0.717, 1.165) is 0 Å². The van der Waals surface area contributed by atoms with E-state index in [1.165, 1.54) is 0 Å². The fourth-order valence-corrected chi connectivity index (χ4v) is 1.38. The minimum Gasteiger partial charge on any atom is -0.482 e. The average Bonchev–Trinajstić information content (AvgIpc) is 2.35. The Kier molecular flexibility index (Phi) is 5.36. The molecule has 18 heavy (non-hydrogen) atoms. The molecule has 0 atom stereocenters. The zero-order valence-electron chi connectivity index (χ0n) is 10.9. The van der Waals surface area contributed by atoms with Crippen LogP contribution >= 0.6 is 0 Å². The monoisotopic (exact) mass is 250 g/mol. The minimum atomic E-state index is -0.404. The van der Waals surface area contributed by atoms with Gasteiger partial charge in [-0.15, -0.1) is 0 Å². The Morgan fingerprint density at radius 1 is 1.17 bits per heavy atom. The lowest BCUT2D eigenvalue weighted by Crippen LogP contribution is -2.18. The van der Waals surface area contributed by atoms with E-state index in [-0.39, 0.29) is 18.5 Å². The Morgan fingerprint density at radius 3 is 2.28 bits per heavy atom. The summed E-state index contributed by atoms with van der Waals surface area (Å²) in [6, 6.07) is 6.72. The molecule has 1 aromatic rings. The second-order valence-electron chi connectivity index (χ2n) is 4.13. The van der Waals surface area contributed by atoms with Gasteiger partial charge in [-0.25, -0.2) is 4.79 Å². The van der Waals surface area contributed by atoms with Gasteiger partial charge >= 0.3 is 5.97 Å². The number of hydrogen-bond acceptors (Lipinski definition) is 4. The maximum atomic E-state index is 11.4. The van der Waals surface area contributed by atoms with E-state index >= 15 is 0 Å². The number of hydrogen-bond donors (Lipinski definition) is 0. The van der Waals surface area contributed by atoms with Crippen molar-refractivity contribution in [3.05, 3.63) is 29.8 Å². The number of benzene rings is 1. The van der Waals surface area contributed by atoms with E-state index < -0.39 is 5.97 Å². The third-order valence-corrected chi connectivity index (χ3v) is 2.22. The van der Waals surface area contributed by atoms with E-state index in [0.29, 0.717) is 17.7 Å². The van der Waals surface area contributed by atoms with Crippen molar-refractivity contribution in [2.45, 2.75) is 33.3 Å². The normalized spacial score (nSPS) is 10.2. The summed E-state index contributed by atoms with van der Waals surface area (Å²) in [6.07, 6.45) is 0.326. The largest absolute Gasteiger partial charge is 0.482 e. The van der Waals surface area contributed by atoms with Crippen molar-refractivity contribution in [2.75, 3.05) is 6.61 Å². The highest BCUT2D eigenvalue weighted by molar-refractivity contribution is 5.95. The van der Waals surface area contributed by atoms with Crippen molar-refractivity contribution >= 4 is 11.8 Å². The number of Topliss-reactive ketones (excluding diaryl/α,β-unsaturated/α-hetero) is 1. The Bertz CT molecular complexity index is 406. The molecular weight excluding hydrogens is 232 g/mol. The molecule has 0 spiro atoms. The molecule has 1 rings (SSSR count). The molecule has 0 amide bonds. The molecule has 4 heteroatoms. The van der Waals surface area contributed by atoms with Gasteiger partial charge in [-0.1, -0.05) is 6.92 Å². The number of carbonyl (C=O) groups is 2. The summed E-state index contributed by atoms with van der Waals surface area (Å²) >= 11 is 0. The lowest BCUT2D eigenvalue weighted by molar-refractivity contribution is -0.149. The summed E-state index contributed by atoms with van der Waals surface area (Å²) in [5, 5.41) is 0. The SMILES string of the molecule is CCC(=O)c1ccc(OCC(=O)OC(C)C)cc1. The molecule has 0 aliphatic carbocycles. The van der Waals surface area contributed by atoms with Crippen molar-refractivity contribution in [2.24, 2.45) is 0 Å². The third-order valence-electron chi connectivity index (χ3n) is 2.22. The summed E-state index contributed by atoms with van der Waals surface area (Å²) in [6.45, 7) is 5.25. The lowest BCUT2D eigenvalue weighted by atomic mass is 10.1. The fraction of sp³-hybridized carbons (Fsp3) is 0.429. The minimum absolute atomic E-state index is 0.0840. The molecule has 0 saturated carbocycles. The van der Waals surface area contributed by atoms with Gasteiger partial charge in [-0.05, 0) is 38.1 Å². The molecule has 0 saturated heterocycles. The van der Waals surface area contributed by atoms with Gasteiger partial charge in [0.1, 0.15) is 5.75 Å². The molecule has 0 unspecified atom stereocenters. The van der Waals surface area contributed by atoms with E-state index in [1.807, 2.05) is 6.92 Å². The summed E-state index contributed by atoms with van der Waals surface area (Å²) in [4.78, 5) is 22.6. The maximum Gasteiger partial charge on any atom is 0.344 e. The smallest absolute Gasteiger partial charge is 0.344 e. The van der Waals surface area contributed by atoms with Crippen LogP contribution in [0.3, 0.4) is 0 Å². The highest BCUT2D eigenvalue weighted by Crippen LogP contribution is 2.13. The summed E-state index contributed by atoms with van der Waals surface area (Å²) in [5.74, 6) is 0.225. The first-order chi connectivity index (χ1) is 8.52. The van der Waals surface area contributed by atoms with Gasteiger partial charge in [0, 0.05) is 12.0 Å². The molecule has 4 nitrogen and oxygen atoms in total. The number of carbonyl (C=O) groups excluding carboxylic acids is 2. The van der Waals surface area contributed by atoms with Crippen LogP contribution in [0.4, 0.5) is 0 Å². The number of esters is 1. The van der Waals surface area contributed by atoms with Crippen LogP contribution in [0.5, 0.6) is 5.75 Å². The van der Waals surface area contributed by atoms with E-state index in [4.69, 9.17) is 9.47 Å². The fourth-order valence-electron chi connectivity index (χ4n) is 1.38. The molecule has 0 aliphatic rings. The number of ether oxygens (including phenoxy) is 2. The van der Waals surface area contributed by atoms with Crippen LogP contribution in [0.15, 0.2) is 24.3 Å². The van der Waals surface area contributed by atoms with Gasteiger partial charge in [0.2, 0.25) is 0 Å². The Hall–Kier alpha value is -1.84. The second-order valence-corrected chi connectivity index (χ2v) is 4.13.